The summed E-state index contributed by atoms with van der Waals surface area (Å²) in [6, 6.07) is 11.3. The van der Waals surface area contributed by atoms with Crippen molar-refractivity contribution in [2.75, 3.05) is 6.61 Å². The average molecular weight is 402 g/mol. The summed E-state index contributed by atoms with van der Waals surface area (Å²) in [4.78, 5) is 29.7. The molecule has 0 radical (unpaired) electrons. The van der Waals surface area contributed by atoms with Crippen molar-refractivity contribution in [1.82, 2.24) is 5.32 Å². The molecule has 6 nitrogen and oxygen atoms in total. The molecule has 0 aromatic heterocycles. The van der Waals surface area contributed by atoms with Gasteiger partial charge >= 0.3 is 5.97 Å². The number of ether oxygens (including phenoxy) is 1. The molecule has 0 aliphatic carbocycles. The van der Waals surface area contributed by atoms with Gasteiger partial charge in [0, 0.05) is 12.0 Å². The van der Waals surface area contributed by atoms with Gasteiger partial charge in [-0.25, -0.2) is 8.78 Å². The van der Waals surface area contributed by atoms with Gasteiger partial charge in [0.25, 0.3) is 5.91 Å². The summed E-state index contributed by atoms with van der Waals surface area (Å²) in [6.07, 6.45) is -1.09. The number of esters is 1. The molecule has 1 heterocycles. The van der Waals surface area contributed by atoms with Crippen molar-refractivity contribution < 1.29 is 27.9 Å². The van der Waals surface area contributed by atoms with E-state index in [9.17, 15) is 18.4 Å². The maximum Gasteiger partial charge on any atom is 0.308 e. The van der Waals surface area contributed by atoms with E-state index in [-0.39, 0.29) is 30.7 Å². The first kappa shape index (κ1) is 20.4. The second-order valence-corrected chi connectivity index (χ2v) is 6.44. The molecule has 3 rings (SSSR count). The summed E-state index contributed by atoms with van der Waals surface area (Å²) < 4.78 is 32.3. The Bertz CT molecular complexity index is 918. The monoisotopic (exact) mass is 402 g/mol. The lowest BCUT2D eigenvalue weighted by Crippen LogP contribution is -2.38. The highest BCUT2D eigenvalue weighted by atomic mass is 19.1. The number of halogens is 2. The van der Waals surface area contributed by atoms with Gasteiger partial charge in [-0.2, -0.15) is 0 Å². The van der Waals surface area contributed by atoms with Crippen LogP contribution in [0.3, 0.4) is 0 Å². The summed E-state index contributed by atoms with van der Waals surface area (Å²) >= 11 is 0. The molecule has 1 N–H and O–H groups in total. The summed E-state index contributed by atoms with van der Waals surface area (Å²) in [5.74, 6) is -2.23. The third-order valence-corrected chi connectivity index (χ3v) is 4.40. The zero-order valence-electron chi connectivity index (χ0n) is 15.7. The van der Waals surface area contributed by atoms with Gasteiger partial charge in [0.05, 0.1) is 24.8 Å². The minimum atomic E-state index is -1.01. The van der Waals surface area contributed by atoms with Crippen LogP contribution in [0.1, 0.15) is 36.9 Å². The number of benzene rings is 2. The van der Waals surface area contributed by atoms with Gasteiger partial charge in [0.2, 0.25) is 6.10 Å². The topological polar surface area (TPSA) is 77.0 Å². The summed E-state index contributed by atoms with van der Waals surface area (Å²) in [5.41, 5.74) is 0.819. The van der Waals surface area contributed by atoms with Crippen LogP contribution in [0.25, 0.3) is 0 Å². The highest BCUT2D eigenvalue weighted by Crippen LogP contribution is 2.22. The molecule has 152 valence electrons. The Labute approximate surface area is 166 Å². The highest BCUT2D eigenvalue weighted by molar-refractivity contribution is 6.04. The number of hydrogen-bond acceptors (Lipinski definition) is 5. The van der Waals surface area contributed by atoms with Gasteiger partial charge in [-0.3, -0.25) is 9.59 Å². The molecule has 0 saturated carbocycles. The predicted octanol–water partition coefficient (Wildman–Crippen LogP) is 3.27. The first-order chi connectivity index (χ1) is 14.0. The van der Waals surface area contributed by atoms with Gasteiger partial charge in [-0.15, -0.1) is 0 Å². The lowest BCUT2D eigenvalue weighted by molar-refractivity contribution is -0.144. The van der Waals surface area contributed by atoms with Crippen LogP contribution < -0.4 is 5.32 Å². The van der Waals surface area contributed by atoms with Gasteiger partial charge in [-0.1, -0.05) is 35.5 Å². The number of amides is 1. The number of carbonyl (C=O) groups excluding carboxylic acids is 2. The third kappa shape index (κ3) is 5.16. The van der Waals surface area contributed by atoms with Crippen LogP contribution in [0.5, 0.6) is 0 Å². The van der Waals surface area contributed by atoms with Crippen LogP contribution in [-0.4, -0.2) is 30.3 Å². The van der Waals surface area contributed by atoms with Gasteiger partial charge in [0.15, 0.2) is 0 Å². The van der Waals surface area contributed by atoms with Gasteiger partial charge in [0.1, 0.15) is 11.6 Å². The minimum absolute atomic E-state index is 0.0207. The quantitative estimate of drug-likeness (QED) is 0.722. The molecule has 2 unspecified atom stereocenters. The summed E-state index contributed by atoms with van der Waals surface area (Å²) in [5, 5.41) is 6.49. The molecular weight excluding hydrogens is 382 g/mol. The molecule has 2 atom stereocenters. The van der Waals surface area contributed by atoms with Crippen molar-refractivity contribution in [3.05, 3.63) is 71.3 Å². The Morgan fingerprint density at radius 3 is 2.72 bits per heavy atom. The van der Waals surface area contributed by atoms with Gasteiger partial charge in [-0.05, 0) is 30.7 Å². The fourth-order valence-electron chi connectivity index (χ4n) is 2.98. The Morgan fingerprint density at radius 1 is 1.24 bits per heavy atom. The van der Waals surface area contributed by atoms with E-state index in [0.717, 1.165) is 23.8 Å². The number of carbonyl (C=O) groups is 2. The Hall–Kier alpha value is -3.29. The second kappa shape index (κ2) is 9.27. The normalized spacial score (nSPS) is 16.5. The van der Waals surface area contributed by atoms with E-state index in [1.165, 1.54) is 0 Å². The average Bonchev–Trinajstić information content (AvgIpc) is 3.20. The number of rotatable bonds is 7. The smallest absolute Gasteiger partial charge is 0.308 e. The van der Waals surface area contributed by atoms with E-state index in [1.54, 1.807) is 31.2 Å². The Balaban J connectivity index is 1.69. The fourth-order valence-corrected chi connectivity index (χ4v) is 2.98. The summed E-state index contributed by atoms with van der Waals surface area (Å²) in [7, 11) is 0. The molecule has 0 spiro atoms. The van der Waals surface area contributed by atoms with Gasteiger partial charge < -0.3 is 14.9 Å². The number of oxime groups is 1. The number of nitrogens with zero attached hydrogens (tertiary/aromatic N) is 1. The molecule has 1 aliphatic heterocycles. The van der Waals surface area contributed by atoms with E-state index >= 15 is 0 Å². The Kier molecular flexibility index (Phi) is 6.54. The highest BCUT2D eigenvalue weighted by Gasteiger charge is 2.32. The molecule has 0 saturated heterocycles. The standard InChI is InChI=1S/C21H20F2N2O4/c1-2-28-20(26)12-17(13-6-4-3-5-7-13)24-21(27)19-11-18(25-29-19)15-10-14(22)8-9-16(15)23/h3-10,17,19H,2,11-12H2,1H3,(H,24,27). The second-order valence-electron chi connectivity index (χ2n) is 6.44. The largest absolute Gasteiger partial charge is 0.466 e. The predicted molar refractivity (Wildman–Crippen MR) is 101 cm³/mol. The van der Waals surface area contributed by atoms with Crippen molar-refractivity contribution in [2.45, 2.75) is 31.9 Å². The first-order valence-electron chi connectivity index (χ1n) is 9.17. The number of hydrogen-bond donors (Lipinski definition) is 1. The molecule has 2 aromatic rings. The third-order valence-electron chi connectivity index (χ3n) is 4.40. The zero-order valence-corrected chi connectivity index (χ0v) is 15.7. The molecule has 8 heteroatoms. The van der Waals surface area contributed by atoms with Crippen LogP contribution in [-0.2, 0) is 19.2 Å². The Morgan fingerprint density at radius 2 is 2.00 bits per heavy atom. The van der Waals surface area contributed by atoms with E-state index in [0.29, 0.717) is 0 Å². The number of nitrogens with one attached hydrogen (secondary N) is 1. The van der Waals surface area contributed by atoms with Crippen LogP contribution >= 0.6 is 0 Å². The lowest BCUT2D eigenvalue weighted by Gasteiger charge is -2.20. The SMILES string of the molecule is CCOC(=O)CC(NC(=O)C1CC(c2cc(F)ccc2F)=NO1)c1ccccc1. The van der Waals surface area contributed by atoms with Crippen LogP contribution in [0.4, 0.5) is 8.78 Å². The van der Waals surface area contributed by atoms with E-state index in [1.807, 2.05) is 6.07 Å². The van der Waals surface area contributed by atoms with Crippen molar-refractivity contribution >= 4 is 17.6 Å². The van der Waals surface area contributed by atoms with Crippen LogP contribution in [0.2, 0.25) is 0 Å². The van der Waals surface area contributed by atoms with Crippen molar-refractivity contribution in [2.24, 2.45) is 5.16 Å². The van der Waals surface area contributed by atoms with Crippen molar-refractivity contribution in [3.63, 3.8) is 0 Å². The summed E-state index contributed by atoms with van der Waals surface area (Å²) in [6.45, 7) is 1.93. The van der Waals surface area contributed by atoms with Crippen LogP contribution in [0.15, 0.2) is 53.7 Å². The van der Waals surface area contributed by atoms with Crippen LogP contribution in [0, 0.1) is 11.6 Å². The first-order valence-corrected chi connectivity index (χ1v) is 9.17. The maximum absolute atomic E-state index is 13.9. The lowest BCUT2D eigenvalue weighted by atomic mass is 10.0. The molecule has 1 amide bonds. The molecular formula is C21H20F2N2O4. The minimum Gasteiger partial charge on any atom is -0.466 e. The van der Waals surface area contributed by atoms with Crippen molar-refractivity contribution in [3.8, 4) is 0 Å². The zero-order chi connectivity index (χ0) is 20.8. The van der Waals surface area contributed by atoms with E-state index in [2.05, 4.69) is 10.5 Å². The maximum atomic E-state index is 13.9. The molecule has 29 heavy (non-hydrogen) atoms. The molecule has 2 aromatic carbocycles. The molecule has 0 fully saturated rings. The van der Waals surface area contributed by atoms with Crippen molar-refractivity contribution in [1.29, 1.82) is 0 Å². The van der Waals surface area contributed by atoms with E-state index in [4.69, 9.17) is 9.57 Å². The fraction of sp³-hybridized carbons (Fsp3) is 0.286. The molecule has 1 aliphatic rings. The molecule has 0 bridgehead atoms. The van der Waals surface area contributed by atoms with E-state index < -0.39 is 35.7 Å².